The van der Waals surface area contributed by atoms with E-state index in [0.29, 0.717) is 18.0 Å². The zero-order valence-electron chi connectivity index (χ0n) is 17.0. The molecule has 1 aliphatic heterocycles. The van der Waals surface area contributed by atoms with Crippen molar-refractivity contribution in [3.63, 3.8) is 0 Å². The lowest BCUT2D eigenvalue weighted by Crippen LogP contribution is -2.46. The number of benzene rings is 2. The Kier molecular flexibility index (Phi) is 6.25. The summed E-state index contributed by atoms with van der Waals surface area (Å²) in [6.07, 6.45) is 1.74. The maximum atomic E-state index is 13.0. The molecular weight excluding hydrogens is 376 g/mol. The molecule has 0 spiro atoms. The minimum atomic E-state index is -0.169. The number of nitrogens with one attached hydrogen (secondary N) is 2. The molecule has 6 heteroatoms. The van der Waals surface area contributed by atoms with Crippen molar-refractivity contribution < 1.29 is 9.53 Å². The molecule has 0 aliphatic carbocycles. The number of hydrogen-bond acceptors (Lipinski definition) is 5. The number of ether oxygens (including phenoxy) is 1. The summed E-state index contributed by atoms with van der Waals surface area (Å²) < 4.78 is 5.46. The molecule has 1 fully saturated rings. The van der Waals surface area contributed by atoms with Crippen LogP contribution in [0.25, 0.3) is 0 Å². The van der Waals surface area contributed by atoms with Gasteiger partial charge in [0.15, 0.2) is 0 Å². The van der Waals surface area contributed by atoms with Crippen LogP contribution >= 0.6 is 0 Å². The van der Waals surface area contributed by atoms with E-state index in [-0.39, 0.29) is 11.9 Å². The lowest BCUT2D eigenvalue weighted by molar-refractivity contribution is 0.102. The Morgan fingerprint density at radius 1 is 1.13 bits per heavy atom. The summed E-state index contributed by atoms with van der Waals surface area (Å²) in [7, 11) is 0. The van der Waals surface area contributed by atoms with Gasteiger partial charge in [-0.3, -0.25) is 4.79 Å². The highest BCUT2D eigenvalue weighted by Gasteiger charge is 2.25. The average molecular weight is 402 g/mol. The van der Waals surface area contributed by atoms with Crippen molar-refractivity contribution in [2.75, 3.05) is 36.5 Å². The quantitative estimate of drug-likeness (QED) is 0.655. The van der Waals surface area contributed by atoms with Gasteiger partial charge in [-0.2, -0.15) is 0 Å². The number of amides is 1. The highest BCUT2D eigenvalue weighted by Crippen LogP contribution is 2.25. The third kappa shape index (κ3) is 4.60. The lowest BCUT2D eigenvalue weighted by Gasteiger charge is -2.35. The molecule has 2 N–H and O–H groups in total. The standard InChI is InChI=1S/C24H26N4O2/c1-2-30-20-12-10-19(11-13-20)27-24(29)21-9-6-14-26-23(21)28-16-15-25-22(17-28)18-7-4-3-5-8-18/h3-14,22,25H,2,15-17H2,1H3,(H,27,29)/t22-/m1/s1. The van der Waals surface area contributed by atoms with Gasteiger partial charge in [-0.15, -0.1) is 0 Å². The molecular formula is C24H26N4O2. The van der Waals surface area contributed by atoms with Crippen LogP contribution in [-0.2, 0) is 0 Å². The maximum absolute atomic E-state index is 13.0. The fourth-order valence-electron chi connectivity index (χ4n) is 3.68. The van der Waals surface area contributed by atoms with Crippen LogP contribution < -0.4 is 20.3 Å². The van der Waals surface area contributed by atoms with Crippen molar-refractivity contribution in [2.45, 2.75) is 13.0 Å². The predicted octanol–water partition coefficient (Wildman–Crippen LogP) is 3.88. The van der Waals surface area contributed by atoms with Crippen LogP contribution in [0.5, 0.6) is 5.75 Å². The smallest absolute Gasteiger partial charge is 0.259 e. The van der Waals surface area contributed by atoms with Crippen molar-refractivity contribution in [2.24, 2.45) is 0 Å². The van der Waals surface area contributed by atoms with Crippen molar-refractivity contribution in [3.05, 3.63) is 84.1 Å². The van der Waals surface area contributed by atoms with E-state index in [9.17, 15) is 4.79 Å². The number of carbonyl (C=O) groups is 1. The Morgan fingerprint density at radius 3 is 2.70 bits per heavy atom. The second kappa shape index (κ2) is 9.41. The number of nitrogens with zero attached hydrogens (tertiary/aromatic N) is 2. The molecule has 3 aromatic rings. The molecule has 0 saturated carbocycles. The summed E-state index contributed by atoms with van der Waals surface area (Å²) in [4.78, 5) is 19.7. The summed E-state index contributed by atoms with van der Waals surface area (Å²) in [5, 5.41) is 6.53. The molecule has 1 amide bonds. The molecule has 6 nitrogen and oxygen atoms in total. The van der Waals surface area contributed by atoms with E-state index in [2.05, 4.69) is 32.7 Å². The van der Waals surface area contributed by atoms with Gasteiger partial charge in [-0.25, -0.2) is 4.98 Å². The van der Waals surface area contributed by atoms with Gasteiger partial charge < -0.3 is 20.3 Å². The van der Waals surface area contributed by atoms with Gasteiger partial charge in [0.2, 0.25) is 0 Å². The largest absolute Gasteiger partial charge is 0.494 e. The topological polar surface area (TPSA) is 66.5 Å². The molecule has 2 aromatic carbocycles. The number of piperazine rings is 1. The first-order chi connectivity index (χ1) is 14.7. The van der Waals surface area contributed by atoms with Crippen molar-refractivity contribution >= 4 is 17.4 Å². The van der Waals surface area contributed by atoms with E-state index in [1.54, 1.807) is 12.3 Å². The Morgan fingerprint density at radius 2 is 1.93 bits per heavy atom. The molecule has 1 aliphatic rings. The van der Waals surface area contributed by atoms with Crippen molar-refractivity contribution in [3.8, 4) is 5.75 Å². The van der Waals surface area contributed by atoms with E-state index in [1.165, 1.54) is 5.56 Å². The number of carbonyl (C=O) groups excluding carboxylic acids is 1. The van der Waals surface area contributed by atoms with E-state index < -0.39 is 0 Å². The molecule has 0 radical (unpaired) electrons. The average Bonchev–Trinajstić information content (AvgIpc) is 2.81. The van der Waals surface area contributed by atoms with E-state index in [1.807, 2.05) is 55.5 Å². The highest BCUT2D eigenvalue weighted by molar-refractivity contribution is 6.07. The monoisotopic (exact) mass is 402 g/mol. The first kappa shape index (κ1) is 19.9. The molecule has 1 aromatic heterocycles. The van der Waals surface area contributed by atoms with Gasteiger partial charge in [0.25, 0.3) is 5.91 Å². The molecule has 1 saturated heterocycles. The van der Waals surface area contributed by atoms with Crippen LogP contribution in [0, 0.1) is 0 Å². The third-order valence-corrected chi connectivity index (χ3v) is 5.13. The second-order valence-electron chi connectivity index (χ2n) is 7.15. The first-order valence-electron chi connectivity index (χ1n) is 10.3. The lowest BCUT2D eigenvalue weighted by atomic mass is 10.0. The maximum Gasteiger partial charge on any atom is 0.259 e. The summed E-state index contributed by atoms with van der Waals surface area (Å²) in [5.74, 6) is 1.32. The van der Waals surface area contributed by atoms with Crippen LogP contribution in [0.1, 0.15) is 28.9 Å². The van der Waals surface area contributed by atoms with E-state index in [0.717, 1.165) is 31.1 Å². The molecule has 4 rings (SSSR count). The molecule has 0 bridgehead atoms. The van der Waals surface area contributed by atoms with Gasteiger partial charge in [0.05, 0.1) is 12.2 Å². The Balaban J connectivity index is 1.51. The van der Waals surface area contributed by atoms with Gasteiger partial charge in [-0.1, -0.05) is 30.3 Å². The number of aromatic nitrogens is 1. The molecule has 154 valence electrons. The molecule has 30 heavy (non-hydrogen) atoms. The highest BCUT2D eigenvalue weighted by atomic mass is 16.5. The number of anilines is 2. The Hall–Kier alpha value is -3.38. The minimum Gasteiger partial charge on any atom is -0.494 e. The van der Waals surface area contributed by atoms with Crippen LogP contribution in [0.3, 0.4) is 0 Å². The van der Waals surface area contributed by atoms with E-state index >= 15 is 0 Å². The summed E-state index contributed by atoms with van der Waals surface area (Å²) in [6, 6.07) is 21.6. The van der Waals surface area contributed by atoms with Crippen molar-refractivity contribution in [1.29, 1.82) is 0 Å². The number of pyridine rings is 1. The van der Waals surface area contributed by atoms with Gasteiger partial charge >= 0.3 is 0 Å². The molecule has 1 atom stereocenters. The predicted molar refractivity (Wildman–Crippen MR) is 119 cm³/mol. The Bertz CT molecular complexity index is 976. The zero-order chi connectivity index (χ0) is 20.8. The fourth-order valence-corrected chi connectivity index (χ4v) is 3.68. The van der Waals surface area contributed by atoms with Crippen LogP contribution in [-0.4, -0.2) is 37.1 Å². The first-order valence-corrected chi connectivity index (χ1v) is 10.3. The van der Waals surface area contributed by atoms with E-state index in [4.69, 9.17) is 4.74 Å². The summed E-state index contributed by atoms with van der Waals surface area (Å²) in [6.45, 7) is 4.93. The minimum absolute atomic E-state index is 0.169. The Labute approximate surface area is 176 Å². The zero-order valence-corrected chi connectivity index (χ0v) is 17.0. The fraction of sp³-hybridized carbons (Fsp3) is 0.250. The van der Waals surface area contributed by atoms with Gasteiger partial charge in [0.1, 0.15) is 11.6 Å². The third-order valence-electron chi connectivity index (χ3n) is 5.13. The number of rotatable bonds is 6. The van der Waals surface area contributed by atoms with Gasteiger partial charge in [0, 0.05) is 37.6 Å². The van der Waals surface area contributed by atoms with Crippen LogP contribution in [0.4, 0.5) is 11.5 Å². The normalized spacial score (nSPS) is 16.2. The van der Waals surface area contributed by atoms with Crippen molar-refractivity contribution in [1.82, 2.24) is 10.3 Å². The SMILES string of the molecule is CCOc1ccc(NC(=O)c2cccnc2N2CCN[C@@H](c3ccccc3)C2)cc1. The summed E-state index contributed by atoms with van der Waals surface area (Å²) >= 11 is 0. The van der Waals surface area contributed by atoms with Crippen LogP contribution in [0.2, 0.25) is 0 Å². The van der Waals surface area contributed by atoms with Crippen LogP contribution in [0.15, 0.2) is 72.9 Å². The summed E-state index contributed by atoms with van der Waals surface area (Å²) in [5.41, 5.74) is 2.53. The molecule has 2 heterocycles. The molecule has 0 unspecified atom stereocenters. The van der Waals surface area contributed by atoms with Gasteiger partial charge in [-0.05, 0) is 48.9 Å². The number of hydrogen-bond donors (Lipinski definition) is 2. The second-order valence-corrected chi connectivity index (χ2v) is 7.15.